The van der Waals surface area contributed by atoms with E-state index in [4.69, 9.17) is 4.74 Å². The molecule has 1 N–H and O–H groups in total. The van der Waals surface area contributed by atoms with E-state index in [0.29, 0.717) is 11.5 Å². The van der Waals surface area contributed by atoms with Gasteiger partial charge in [-0.2, -0.15) is 4.98 Å². The predicted molar refractivity (Wildman–Crippen MR) is 109 cm³/mol. The molecule has 1 aromatic carbocycles. The van der Waals surface area contributed by atoms with E-state index in [1.165, 1.54) is 13.5 Å². The van der Waals surface area contributed by atoms with Crippen LogP contribution in [0, 0.1) is 5.92 Å². The SMILES string of the molecule is COC(=O)c1cccc(C2CCc3nc(NC(=O)C4CCCCC4)nn3C2C)c1. The number of hydrogen-bond donors (Lipinski definition) is 1. The Hall–Kier alpha value is -2.70. The van der Waals surface area contributed by atoms with E-state index in [9.17, 15) is 9.59 Å². The second-order valence-electron chi connectivity index (χ2n) is 8.12. The van der Waals surface area contributed by atoms with Crippen molar-refractivity contribution in [2.75, 3.05) is 12.4 Å². The van der Waals surface area contributed by atoms with Crippen molar-refractivity contribution in [1.82, 2.24) is 14.8 Å². The van der Waals surface area contributed by atoms with Gasteiger partial charge in [-0.3, -0.25) is 10.1 Å². The number of aromatic nitrogens is 3. The number of rotatable bonds is 4. The summed E-state index contributed by atoms with van der Waals surface area (Å²) in [5.41, 5.74) is 1.65. The number of anilines is 1. The van der Waals surface area contributed by atoms with Crippen LogP contribution in [0.25, 0.3) is 0 Å². The van der Waals surface area contributed by atoms with Crippen molar-refractivity contribution in [3.8, 4) is 0 Å². The summed E-state index contributed by atoms with van der Waals surface area (Å²) in [5, 5.41) is 7.53. The minimum absolute atomic E-state index is 0.0441. The van der Waals surface area contributed by atoms with Crippen molar-refractivity contribution in [3.63, 3.8) is 0 Å². The number of aryl methyl sites for hydroxylation is 1. The maximum Gasteiger partial charge on any atom is 0.337 e. The molecular formula is C22H28N4O3. The zero-order valence-corrected chi connectivity index (χ0v) is 17.1. The third kappa shape index (κ3) is 4.04. The Balaban J connectivity index is 1.50. The smallest absolute Gasteiger partial charge is 0.337 e. The molecule has 2 aliphatic rings. The van der Waals surface area contributed by atoms with E-state index in [1.807, 2.05) is 22.9 Å². The summed E-state index contributed by atoms with van der Waals surface area (Å²) in [7, 11) is 1.39. The Labute approximate surface area is 170 Å². The fraction of sp³-hybridized carbons (Fsp3) is 0.545. The number of fused-ring (bicyclic) bond motifs is 1. The van der Waals surface area contributed by atoms with E-state index in [2.05, 4.69) is 22.3 Å². The van der Waals surface area contributed by atoms with Crippen LogP contribution in [0.15, 0.2) is 24.3 Å². The van der Waals surface area contributed by atoms with Crippen LogP contribution < -0.4 is 5.32 Å². The van der Waals surface area contributed by atoms with Crippen LogP contribution in [-0.2, 0) is 16.0 Å². The van der Waals surface area contributed by atoms with Crippen LogP contribution in [0.1, 0.15) is 79.2 Å². The van der Waals surface area contributed by atoms with Crippen LogP contribution in [0.4, 0.5) is 5.95 Å². The van der Waals surface area contributed by atoms with E-state index < -0.39 is 0 Å². The van der Waals surface area contributed by atoms with Gasteiger partial charge in [0.25, 0.3) is 0 Å². The standard InChI is InChI=1S/C22H28N4O3/c1-14-18(16-9-6-10-17(13-16)21(28)29-2)11-12-19-23-22(25-26(14)19)24-20(27)15-7-4-3-5-8-15/h6,9-10,13-15,18H,3-5,7-8,11-12H2,1-2H3,(H,24,25,27). The van der Waals surface area contributed by atoms with E-state index >= 15 is 0 Å². The average Bonchev–Trinajstić information content (AvgIpc) is 3.17. The molecule has 0 spiro atoms. The molecule has 154 valence electrons. The molecule has 1 aliphatic heterocycles. The van der Waals surface area contributed by atoms with E-state index in [0.717, 1.165) is 49.9 Å². The molecule has 29 heavy (non-hydrogen) atoms. The molecular weight excluding hydrogens is 368 g/mol. The van der Waals surface area contributed by atoms with Crippen LogP contribution >= 0.6 is 0 Å². The second-order valence-corrected chi connectivity index (χ2v) is 8.12. The zero-order valence-electron chi connectivity index (χ0n) is 17.1. The Kier molecular flexibility index (Phi) is 5.65. The average molecular weight is 396 g/mol. The molecule has 2 unspecified atom stereocenters. The van der Waals surface area contributed by atoms with Crippen LogP contribution in [0.5, 0.6) is 0 Å². The number of nitrogens with one attached hydrogen (secondary N) is 1. The van der Waals surface area contributed by atoms with Gasteiger partial charge in [-0.25, -0.2) is 9.48 Å². The highest BCUT2D eigenvalue weighted by atomic mass is 16.5. The molecule has 1 aliphatic carbocycles. The highest BCUT2D eigenvalue weighted by Gasteiger charge is 2.31. The number of benzene rings is 1. The van der Waals surface area contributed by atoms with Gasteiger partial charge in [0.2, 0.25) is 11.9 Å². The number of ether oxygens (including phenoxy) is 1. The quantitative estimate of drug-likeness (QED) is 0.793. The Morgan fingerprint density at radius 2 is 1.97 bits per heavy atom. The van der Waals surface area contributed by atoms with Crippen molar-refractivity contribution >= 4 is 17.8 Å². The van der Waals surface area contributed by atoms with Crippen LogP contribution in [-0.4, -0.2) is 33.8 Å². The lowest BCUT2D eigenvalue weighted by atomic mass is 9.85. The van der Waals surface area contributed by atoms with Crippen molar-refractivity contribution < 1.29 is 14.3 Å². The molecule has 7 heteroatoms. The topological polar surface area (TPSA) is 86.1 Å². The maximum absolute atomic E-state index is 12.5. The lowest BCUT2D eigenvalue weighted by Crippen LogP contribution is -2.26. The fourth-order valence-electron chi connectivity index (χ4n) is 4.64. The van der Waals surface area contributed by atoms with Crippen molar-refractivity contribution in [2.24, 2.45) is 5.92 Å². The number of esters is 1. The summed E-state index contributed by atoms with van der Waals surface area (Å²) >= 11 is 0. The minimum Gasteiger partial charge on any atom is -0.465 e. The van der Waals surface area contributed by atoms with Crippen molar-refractivity contribution in [1.29, 1.82) is 0 Å². The molecule has 1 aromatic heterocycles. The van der Waals surface area contributed by atoms with Gasteiger partial charge < -0.3 is 4.74 Å². The highest BCUT2D eigenvalue weighted by Crippen LogP contribution is 2.37. The molecule has 2 aromatic rings. The lowest BCUT2D eigenvalue weighted by Gasteiger charge is -2.30. The number of amides is 1. The van der Waals surface area contributed by atoms with Crippen molar-refractivity contribution in [3.05, 3.63) is 41.2 Å². The Morgan fingerprint density at radius 3 is 2.72 bits per heavy atom. The van der Waals surface area contributed by atoms with Gasteiger partial charge >= 0.3 is 5.97 Å². The van der Waals surface area contributed by atoms with E-state index in [-0.39, 0.29) is 29.8 Å². The summed E-state index contributed by atoms with van der Waals surface area (Å²) in [6.45, 7) is 2.11. The van der Waals surface area contributed by atoms with Gasteiger partial charge in [-0.15, -0.1) is 5.10 Å². The normalized spacial score (nSPS) is 22.0. The first-order valence-corrected chi connectivity index (χ1v) is 10.5. The van der Waals surface area contributed by atoms with E-state index in [1.54, 1.807) is 6.07 Å². The monoisotopic (exact) mass is 396 g/mol. The fourth-order valence-corrected chi connectivity index (χ4v) is 4.64. The van der Waals surface area contributed by atoms with Gasteiger partial charge in [0, 0.05) is 18.3 Å². The maximum atomic E-state index is 12.5. The molecule has 1 fully saturated rings. The minimum atomic E-state index is -0.329. The first-order valence-electron chi connectivity index (χ1n) is 10.5. The molecule has 2 heterocycles. The summed E-state index contributed by atoms with van der Waals surface area (Å²) in [4.78, 5) is 29.0. The molecule has 7 nitrogen and oxygen atoms in total. The Bertz CT molecular complexity index is 901. The first kappa shape index (κ1) is 19.6. The second kappa shape index (κ2) is 8.35. The van der Waals surface area contributed by atoms with Gasteiger partial charge in [0.15, 0.2) is 0 Å². The van der Waals surface area contributed by atoms with Gasteiger partial charge in [-0.05, 0) is 43.9 Å². The Morgan fingerprint density at radius 1 is 1.17 bits per heavy atom. The van der Waals surface area contributed by atoms with Crippen LogP contribution in [0.3, 0.4) is 0 Å². The van der Waals surface area contributed by atoms with Gasteiger partial charge in [0.05, 0.1) is 18.7 Å². The third-order valence-electron chi connectivity index (χ3n) is 6.30. The summed E-state index contributed by atoms with van der Waals surface area (Å²) < 4.78 is 6.77. The molecule has 0 bridgehead atoms. The number of carbonyl (C=O) groups excluding carboxylic acids is 2. The predicted octanol–water partition coefficient (Wildman–Crippen LogP) is 3.87. The van der Waals surface area contributed by atoms with Gasteiger partial charge in [0.1, 0.15) is 5.82 Å². The lowest BCUT2D eigenvalue weighted by molar-refractivity contribution is -0.120. The summed E-state index contributed by atoms with van der Waals surface area (Å²) in [6.07, 6.45) is 7.06. The number of methoxy groups -OCH3 is 1. The molecule has 1 amide bonds. The summed E-state index contributed by atoms with van der Waals surface area (Å²) in [5.74, 6) is 1.32. The molecule has 4 rings (SSSR count). The van der Waals surface area contributed by atoms with Gasteiger partial charge in [-0.1, -0.05) is 31.4 Å². The summed E-state index contributed by atoms with van der Waals surface area (Å²) in [6, 6.07) is 7.69. The number of nitrogens with zero attached hydrogens (tertiary/aromatic N) is 3. The highest BCUT2D eigenvalue weighted by molar-refractivity contribution is 5.91. The third-order valence-corrected chi connectivity index (χ3v) is 6.30. The zero-order chi connectivity index (χ0) is 20.4. The molecule has 1 saturated carbocycles. The first-order chi connectivity index (χ1) is 14.1. The largest absolute Gasteiger partial charge is 0.465 e. The van der Waals surface area contributed by atoms with Crippen LogP contribution in [0.2, 0.25) is 0 Å². The van der Waals surface area contributed by atoms with Crippen molar-refractivity contribution in [2.45, 2.75) is 63.8 Å². The molecule has 2 atom stereocenters. The molecule has 0 saturated heterocycles. The number of carbonyl (C=O) groups is 2. The number of hydrogen-bond acceptors (Lipinski definition) is 5. The molecule has 0 radical (unpaired) electrons.